The topological polar surface area (TPSA) is 137 Å². The summed E-state index contributed by atoms with van der Waals surface area (Å²) in [5.41, 5.74) is 7.91. The maximum absolute atomic E-state index is 12.4. The number of aromatic hydroxyl groups is 1. The highest BCUT2D eigenvalue weighted by Crippen LogP contribution is 2.21. The highest BCUT2D eigenvalue weighted by atomic mass is 32.1. The van der Waals surface area contributed by atoms with E-state index in [0.29, 0.717) is 26.3 Å². The molecule has 0 aromatic heterocycles. The van der Waals surface area contributed by atoms with Crippen molar-refractivity contribution in [3.63, 3.8) is 0 Å². The quantitative estimate of drug-likeness (QED) is 0.251. The van der Waals surface area contributed by atoms with Crippen molar-refractivity contribution in [3.8, 4) is 5.75 Å². The molecule has 1 heterocycles. The number of benzene rings is 1. The molecule has 10 heteroatoms. The fourth-order valence-electron chi connectivity index (χ4n) is 2.02. The van der Waals surface area contributed by atoms with Crippen LogP contribution in [0.2, 0.25) is 0 Å². The van der Waals surface area contributed by atoms with Crippen molar-refractivity contribution in [3.05, 3.63) is 23.8 Å². The van der Waals surface area contributed by atoms with E-state index in [1.807, 2.05) is 0 Å². The third-order valence-electron chi connectivity index (χ3n) is 3.26. The molecule has 1 amide bonds. The van der Waals surface area contributed by atoms with Crippen molar-refractivity contribution in [2.45, 2.75) is 0 Å². The van der Waals surface area contributed by atoms with Crippen molar-refractivity contribution >= 4 is 40.5 Å². The summed E-state index contributed by atoms with van der Waals surface area (Å²) in [6, 6.07) is 3.78. The number of amides is 1. The van der Waals surface area contributed by atoms with E-state index < -0.39 is 11.9 Å². The van der Waals surface area contributed by atoms with Crippen LogP contribution in [-0.4, -0.2) is 64.0 Å². The molecule has 0 saturated carbocycles. The zero-order chi connectivity index (χ0) is 17.7. The van der Waals surface area contributed by atoms with Crippen LogP contribution < -0.4 is 11.2 Å². The van der Waals surface area contributed by atoms with Crippen molar-refractivity contribution in [2.75, 3.05) is 31.7 Å². The molecule has 0 bridgehead atoms. The first-order valence-corrected chi connectivity index (χ1v) is 7.38. The van der Waals surface area contributed by atoms with Gasteiger partial charge in [-0.25, -0.2) is 4.79 Å². The number of thiocarbonyl (C=S) groups is 1. The summed E-state index contributed by atoms with van der Waals surface area (Å²) < 4.78 is 5.17. The van der Waals surface area contributed by atoms with Crippen LogP contribution in [0.15, 0.2) is 23.3 Å². The number of rotatable bonds is 5. The van der Waals surface area contributed by atoms with Crippen LogP contribution in [0.5, 0.6) is 5.75 Å². The second-order valence-corrected chi connectivity index (χ2v) is 5.32. The molecule has 1 aromatic rings. The van der Waals surface area contributed by atoms with Crippen LogP contribution in [-0.2, 0) is 9.53 Å². The van der Waals surface area contributed by atoms with Gasteiger partial charge in [-0.15, -0.1) is 0 Å². The first-order chi connectivity index (χ1) is 11.4. The number of nitrogens with two attached hydrogens (primary N) is 1. The summed E-state index contributed by atoms with van der Waals surface area (Å²) in [6.45, 7) is 1.65. The predicted molar refractivity (Wildman–Crippen MR) is 90.3 cm³/mol. The number of hydrogen-bond acceptors (Lipinski definition) is 7. The third kappa shape index (κ3) is 4.18. The van der Waals surface area contributed by atoms with Crippen molar-refractivity contribution in [2.24, 2.45) is 10.8 Å². The normalized spacial score (nSPS) is 15.0. The van der Waals surface area contributed by atoms with E-state index in [4.69, 9.17) is 27.8 Å². The maximum Gasteiger partial charge on any atom is 0.339 e. The summed E-state index contributed by atoms with van der Waals surface area (Å²) in [5, 5.41) is 22.3. The number of carboxylic acid groups (broad SMARTS) is 1. The largest absolute Gasteiger partial charge is 0.507 e. The number of carbonyl (C=O) groups is 2. The second-order valence-electron chi connectivity index (χ2n) is 4.88. The highest BCUT2D eigenvalue weighted by Gasteiger charge is 2.24. The van der Waals surface area contributed by atoms with Gasteiger partial charge in [-0.1, -0.05) is 12.2 Å². The molecule has 1 aromatic carbocycles. The van der Waals surface area contributed by atoms with Crippen LogP contribution in [0, 0.1) is 0 Å². The van der Waals surface area contributed by atoms with Gasteiger partial charge in [0, 0.05) is 13.1 Å². The van der Waals surface area contributed by atoms with E-state index in [9.17, 15) is 14.7 Å². The van der Waals surface area contributed by atoms with Crippen molar-refractivity contribution in [1.82, 2.24) is 4.90 Å². The summed E-state index contributed by atoms with van der Waals surface area (Å²) in [7, 11) is 0. The molecule has 0 radical (unpaired) electrons. The fraction of sp³-hybridized carbons (Fsp3) is 0.286. The van der Waals surface area contributed by atoms with Crippen molar-refractivity contribution in [1.29, 1.82) is 0 Å². The molecule has 128 valence electrons. The second kappa shape index (κ2) is 7.70. The zero-order valence-corrected chi connectivity index (χ0v) is 13.4. The van der Waals surface area contributed by atoms with Gasteiger partial charge in [0.05, 0.1) is 18.9 Å². The lowest BCUT2D eigenvalue weighted by molar-refractivity contribution is -0.127. The minimum atomic E-state index is -1.29. The minimum absolute atomic E-state index is 0.142. The molecule has 2 rings (SSSR count). The smallest absolute Gasteiger partial charge is 0.339 e. The van der Waals surface area contributed by atoms with E-state index >= 15 is 0 Å². The Kier molecular flexibility index (Phi) is 5.66. The number of ether oxygens (including phenoxy) is 1. The molecule has 0 spiro atoms. The minimum Gasteiger partial charge on any atom is -0.507 e. The van der Waals surface area contributed by atoms with E-state index in [1.54, 1.807) is 0 Å². The molecule has 1 fully saturated rings. The van der Waals surface area contributed by atoms with Gasteiger partial charge < -0.3 is 25.6 Å². The number of phenols is 1. The van der Waals surface area contributed by atoms with Gasteiger partial charge in [0.25, 0.3) is 5.91 Å². The predicted octanol–water partition coefficient (Wildman–Crippen LogP) is 0.00320. The van der Waals surface area contributed by atoms with Gasteiger partial charge in [0.15, 0.2) is 5.71 Å². The van der Waals surface area contributed by atoms with Gasteiger partial charge in [0.1, 0.15) is 16.3 Å². The lowest BCUT2D eigenvalue weighted by atomic mass is 10.2. The van der Waals surface area contributed by atoms with Gasteiger partial charge in [-0.05, 0) is 18.2 Å². The number of nitrogens with one attached hydrogen (secondary N) is 1. The zero-order valence-electron chi connectivity index (χ0n) is 12.6. The molecule has 1 saturated heterocycles. The summed E-state index contributed by atoms with van der Waals surface area (Å²) in [5.74, 6) is -2.11. The standard InChI is InChI=1S/C14H16N4O5S/c15-12(24)11(13(20)18-3-5-23-6-4-18)17-16-8-1-2-10(19)9(7-8)14(21)22/h1-2,7,16,19H,3-6H2,(H2,15,24)(H,21,22)/b17-11-. The van der Waals surface area contributed by atoms with E-state index in [0.717, 1.165) is 0 Å². The summed E-state index contributed by atoms with van der Waals surface area (Å²) in [4.78, 5) is 24.7. The van der Waals surface area contributed by atoms with Gasteiger partial charge >= 0.3 is 5.97 Å². The molecule has 0 aliphatic carbocycles. The Balaban J connectivity index is 2.19. The van der Waals surface area contributed by atoms with E-state index in [2.05, 4.69) is 10.5 Å². The third-order valence-corrected chi connectivity index (χ3v) is 3.45. The van der Waals surface area contributed by atoms with E-state index in [1.165, 1.54) is 23.1 Å². The Morgan fingerprint density at radius 1 is 1.33 bits per heavy atom. The number of anilines is 1. The van der Waals surface area contributed by atoms with Gasteiger partial charge in [0.2, 0.25) is 0 Å². The number of hydrazone groups is 1. The molecule has 1 aliphatic heterocycles. The Labute approximate surface area is 142 Å². The Hall–Kier alpha value is -2.72. The lowest BCUT2D eigenvalue weighted by Crippen LogP contribution is -2.47. The summed E-state index contributed by atoms with van der Waals surface area (Å²) >= 11 is 4.86. The monoisotopic (exact) mass is 352 g/mol. The number of nitrogens with zero attached hydrogens (tertiary/aromatic N) is 2. The lowest BCUT2D eigenvalue weighted by Gasteiger charge is -2.26. The SMILES string of the molecule is NC(=S)/C(=N/Nc1ccc(O)c(C(=O)O)c1)C(=O)N1CCOCC1. The number of aromatic carboxylic acids is 1. The van der Waals surface area contributed by atoms with E-state index in [-0.39, 0.29) is 27.7 Å². The molecule has 0 unspecified atom stereocenters. The van der Waals surface area contributed by atoms with Crippen LogP contribution in [0.3, 0.4) is 0 Å². The summed E-state index contributed by atoms with van der Waals surface area (Å²) in [6.07, 6.45) is 0. The first kappa shape index (κ1) is 17.6. The molecule has 9 nitrogen and oxygen atoms in total. The molecule has 5 N–H and O–H groups in total. The molecular weight excluding hydrogens is 336 g/mol. The average Bonchev–Trinajstić information content (AvgIpc) is 2.56. The van der Waals surface area contributed by atoms with Crippen LogP contribution in [0.25, 0.3) is 0 Å². The molecule has 0 atom stereocenters. The van der Waals surface area contributed by atoms with Crippen molar-refractivity contribution < 1.29 is 24.5 Å². The Morgan fingerprint density at radius 3 is 2.58 bits per heavy atom. The van der Waals surface area contributed by atoms with Gasteiger partial charge in [-0.3, -0.25) is 10.2 Å². The van der Waals surface area contributed by atoms with Crippen LogP contribution in [0.4, 0.5) is 5.69 Å². The molecular formula is C14H16N4O5S. The first-order valence-electron chi connectivity index (χ1n) is 6.97. The average molecular weight is 352 g/mol. The fourth-order valence-corrected chi connectivity index (χ4v) is 2.15. The maximum atomic E-state index is 12.4. The van der Waals surface area contributed by atoms with Gasteiger partial charge in [-0.2, -0.15) is 5.10 Å². The number of morpholine rings is 1. The number of carbonyl (C=O) groups excluding carboxylic acids is 1. The number of hydrogen-bond donors (Lipinski definition) is 4. The Bertz CT molecular complexity index is 700. The molecule has 24 heavy (non-hydrogen) atoms. The molecule has 1 aliphatic rings. The van der Waals surface area contributed by atoms with Crippen LogP contribution in [0.1, 0.15) is 10.4 Å². The Morgan fingerprint density at radius 2 is 2.00 bits per heavy atom. The number of carboxylic acids is 1. The van der Waals surface area contributed by atoms with Crippen LogP contribution >= 0.6 is 12.2 Å². The highest BCUT2D eigenvalue weighted by molar-refractivity contribution is 7.82.